The van der Waals surface area contributed by atoms with Gasteiger partial charge in [-0.15, -0.1) is 0 Å². The Hall–Kier alpha value is -1.12. The Kier molecular flexibility index (Phi) is 5.23. The molecular formula is C21H30OSi. The van der Waals surface area contributed by atoms with Gasteiger partial charge in [0.2, 0.25) is 0 Å². The normalized spacial score (nSPS) is 26.5. The Balaban J connectivity index is 2.00. The van der Waals surface area contributed by atoms with Crippen molar-refractivity contribution in [1.82, 2.24) is 0 Å². The zero-order valence-corrected chi connectivity index (χ0v) is 15.8. The monoisotopic (exact) mass is 326 g/mol. The summed E-state index contributed by atoms with van der Waals surface area (Å²) >= 11 is 0. The number of rotatable bonds is 5. The van der Waals surface area contributed by atoms with Crippen LogP contribution in [0.3, 0.4) is 0 Å². The van der Waals surface area contributed by atoms with Crippen molar-refractivity contribution in [3.63, 3.8) is 0 Å². The third-order valence-corrected chi connectivity index (χ3v) is 10.7. The summed E-state index contributed by atoms with van der Waals surface area (Å²) in [6.07, 6.45) is 11.8. The first-order valence-electron chi connectivity index (χ1n) is 9.32. The predicted octanol–water partition coefficient (Wildman–Crippen LogP) is 6.05. The minimum Gasteiger partial charge on any atom is -0.410 e. The van der Waals surface area contributed by atoms with Crippen LogP contribution in [0.15, 0.2) is 48.6 Å². The summed E-state index contributed by atoms with van der Waals surface area (Å²) in [7, 11) is -1.61. The Morgan fingerprint density at radius 2 is 1.78 bits per heavy atom. The number of hydrogen-bond acceptors (Lipinski definition) is 1. The van der Waals surface area contributed by atoms with E-state index in [1.807, 2.05) is 0 Å². The molecule has 0 aliphatic heterocycles. The molecule has 1 nitrogen and oxygen atoms in total. The fourth-order valence-electron chi connectivity index (χ4n) is 4.31. The molecule has 124 valence electrons. The summed E-state index contributed by atoms with van der Waals surface area (Å²) in [5.41, 5.74) is 2.96. The Labute approximate surface area is 142 Å². The highest BCUT2D eigenvalue weighted by atomic mass is 28.4. The van der Waals surface area contributed by atoms with Gasteiger partial charge in [-0.05, 0) is 53.9 Å². The molecule has 0 N–H and O–H groups in total. The van der Waals surface area contributed by atoms with Gasteiger partial charge >= 0.3 is 0 Å². The van der Waals surface area contributed by atoms with Gasteiger partial charge in [0.1, 0.15) is 0 Å². The molecule has 0 unspecified atom stereocenters. The molecule has 3 rings (SSSR count). The molecule has 0 spiro atoms. The highest BCUT2D eigenvalue weighted by Crippen LogP contribution is 2.46. The van der Waals surface area contributed by atoms with Crippen molar-refractivity contribution in [1.29, 1.82) is 0 Å². The standard InChI is InChI=1S/C21H30OSi/c1-4-23(5-2,6-3)22-21-19-14-9-7-8-12-17(19)16-18-13-10-11-15-20(18)21/h7-13,15,17,19,21H,4-6,14,16H2,1-3H3/t17-,19-,21-/m1/s1. The van der Waals surface area contributed by atoms with E-state index in [4.69, 9.17) is 4.43 Å². The van der Waals surface area contributed by atoms with E-state index in [0.717, 1.165) is 12.8 Å². The van der Waals surface area contributed by atoms with Crippen molar-refractivity contribution in [3.8, 4) is 0 Å². The van der Waals surface area contributed by atoms with Gasteiger partial charge in [-0.25, -0.2) is 0 Å². The van der Waals surface area contributed by atoms with Crippen molar-refractivity contribution in [3.05, 3.63) is 59.7 Å². The summed E-state index contributed by atoms with van der Waals surface area (Å²) < 4.78 is 7.05. The molecule has 0 bridgehead atoms. The molecule has 2 aliphatic carbocycles. The number of allylic oxidation sites excluding steroid dienone is 4. The van der Waals surface area contributed by atoms with Gasteiger partial charge in [-0.2, -0.15) is 0 Å². The van der Waals surface area contributed by atoms with E-state index in [0.29, 0.717) is 11.8 Å². The molecule has 0 saturated carbocycles. The number of benzene rings is 1. The van der Waals surface area contributed by atoms with Gasteiger partial charge < -0.3 is 4.43 Å². The van der Waals surface area contributed by atoms with Crippen LogP contribution < -0.4 is 0 Å². The van der Waals surface area contributed by atoms with Crippen LogP contribution in [0.5, 0.6) is 0 Å². The summed E-state index contributed by atoms with van der Waals surface area (Å²) in [5.74, 6) is 1.21. The largest absolute Gasteiger partial charge is 0.410 e. The minimum absolute atomic E-state index is 0.281. The average Bonchev–Trinajstić information content (AvgIpc) is 2.84. The Morgan fingerprint density at radius 1 is 1.04 bits per heavy atom. The van der Waals surface area contributed by atoms with E-state index in [2.05, 4.69) is 69.3 Å². The van der Waals surface area contributed by atoms with Crippen LogP contribution in [-0.2, 0) is 10.8 Å². The first-order chi connectivity index (χ1) is 11.2. The molecule has 0 amide bonds. The second-order valence-corrected chi connectivity index (χ2v) is 11.8. The topological polar surface area (TPSA) is 9.23 Å². The molecule has 23 heavy (non-hydrogen) atoms. The van der Waals surface area contributed by atoms with Crippen molar-refractivity contribution >= 4 is 8.32 Å². The third kappa shape index (κ3) is 3.25. The van der Waals surface area contributed by atoms with E-state index in [9.17, 15) is 0 Å². The minimum atomic E-state index is -1.61. The van der Waals surface area contributed by atoms with E-state index in [1.54, 1.807) is 0 Å². The third-order valence-electron chi connectivity index (χ3n) is 6.08. The second kappa shape index (κ2) is 7.19. The van der Waals surface area contributed by atoms with E-state index in [-0.39, 0.29) is 6.10 Å². The first kappa shape index (κ1) is 16.7. The maximum atomic E-state index is 7.05. The lowest BCUT2D eigenvalue weighted by atomic mass is 9.73. The smallest absolute Gasteiger partial charge is 0.192 e. The lowest BCUT2D eigenvalue weighted by Gasteiger charge is -2.43. The lowest BCUT2D eigenvalue weighted by Crippen LogP contribution is -2.41. The van der Waals surface area contributed by atoms with Gasteiger partial charge in [-0.3, -0.25) is 0 Å². The zero-order valence-electron chi connectivity index (χ0n) is 14.8. The van der Waals surface area contributed by atoms with Gasteiger partial charge in [0.15, 0.2) is 8.32 Å². The molecule has 1 aromatic rings. The second-order valence-electron chi connectivity index (χ2n) is 7.06. The average molecular weight is 327 g/mol. The lowest BCUT2D eigenvalue weighted by molar-refractivity contribution is 0.0868. The quantitative estimate of drug-likeness (QED) is 0.598. The summed E-state index contributed by atoms with van der Waals surface area (Å²) in [4.78, 5) is 0. The maximum Gasteiger partial charge on any atom is 0.192 e. The summed E-state index contributed by atoms with van der Waals surface area (Å²) in [6, 6.07) is 12.7. The van der Waals surface area contributed by atoms with Gasteiger partial charge in [-0.1, -0.05) is 69.3 Å². The van der Waals surface area contributed by atoms with Crippen molar-refractivity contribution < 1.29 is 4.43 Å². The zero-order chi connectivity index (χ0) is 16.3. The number of fused-ring (bicyclic) bond motifs is 2. The van der Waals surface area contributed by atoms with E-state index >= 15 is 0 Å². The highest BCUT2D eigenvalue weighted by Gasteiger charge is 2.41. The van der Waals surface area contributed by atoms with Gasteiger partial charge in [0, 0.05) is 0 Å². The fraction of sp³-hybridized carbons (Fsp3) is 0.524. The summed E-state index contributed by atoms with van der Waals surface area (Å²) in [5, 5.41) is 0. The first-order valence-corrected chi connectivity index (χ1v) is 11.8. The highest BCUT2D eigenvalue weighted by molar-refractivity contribution is 6.73. The van der Waals surface area contributed by atoms with Crippen LogP contribution in [0, 0.1) is 11.8 Å². The molecule has 0 fully saturated rings. The predicted molar refractivity (Wildman–Crippen MR) is 101 cm³/mol. The number of hydrogen-bond donors (Lipinski definition) is 0. The SMILES string of the molecule is CC[Si](CC)(CC)O[C@H]1c2ccccc2C[C@H]2C=CC=CC[C@H]21. The molecule has 0 heterocycles. The van der Waals surface area contributed by atoms with Gasteiger partial charge in [0.05, 0.1) is 6.10 Å². The van der Waals surface area contributed by atoms with Crippen LogP contribution in [0.1, 0.15) is 44.4 Å². The Morgan fingerprint density at radius 3 is 2.52 bits per heavy atom. The molecule has 2 aliphatic rings. The molecule has 3 atom stereocenters. The van der Waals surface area contributed by atoms with Crippen LogP contribution in [0.25, 0.3) is 0 Å². The Bertz CT molecular complexity index is 577. The van der Waals surface area contributed by atoms with Gasteiger partial charge in [0.25, 0.3) is 0 Å². The summed E-state index contributed by atoms with van der Waals surface area (Å²) in [6.45, 7) is 7.00. The van der Waals surface area contributed by atoms with E-state index < -0.39 is 8.32 Å². The molecule has 0 radical (unpaired) electrons. The van der Waals surface area contributed by atoms with Crippen LogP contribution in [0.2, 0.25) is 18.1 Å². The molecule has 2 heteroatoms. The van der Waals surface area contributed by atoms with Crippen molar-refractivity contribution in [2.45, 2.75) is 57.8 Å². The van der Waals surface area contributed by atoms with Crippen molar-refractivity contribution in [2.75, 3.05) is 0 Å². The van der Waals surface area contributed by atoms with E-state index in [1.165, 1.54) is 29.3 Å². The van der Waals surface area contributed by atoms with Crippen LogP contribution in [0.4, 0.5) is 0 Å². The fourth-order valence-corrected chi connectivity index (χ4v) is 7.15. The maximum absolute atomic E-state index is 7.05. The molecule has 1 aromatic carbocycles. The molecular weight excluding hydrogens is 296 g/mol. The van der Waals surface area contributed by atoms with Crippen LogP contribution in [-0.4, -0.2) is 8.32 Å². The molecule has 0 saturated heterocycles. The van der Waals surface area contributed by atoms with Crippen molar-refractivity contribution in [2.24, 2.45) is 11.8 Å². The van der Waals surface area contributed by atoms with Crippen LogP contribution >= 0.6 is 0 Å². The molecule has 0 aromatic heterocycles.